The van der Waals surface area contributed by atoms with Crippen LogP contribution in [-0.4, -0.2) is 37.2 Å². The van der Waals surface area contributed by atoms with Gasteiger partial charge >= 0.3 is 5.97 Å². The molecule has 0 unspecified atom stereocenters. The summed E-state index contributed by atoms with van der Waals surface area (Å²) in [6, 6.07) is 4.61. The number of hydrogen-bond donors (Lipinski definition) is 2. The Morgan fingerprint density at radius 2 is 2.25 bits per heavy atom. The van der Waals surface area contributed by atoms with Gasteiger partial charge in [-0.05, 0) is 18.2 Å². The van der Waals surface area contributed by atoms with Crippen LogP contribution in [0.3, 0.4) is 0 Å². The molecule has 7 nitrogen and oxygen atoms in total. The highest BCUT2D eigenvalue weighted by Gasteiger charge is 2.13. The van der Waals surface area contributed by atoms with Gasteiger partial charge in [-0.2, -0.15) is 5.26 Å². The molecule has 1 rings (SSSR count). The lowest BCUT2D eigenvalue weighted by atomic mass is 10.2. The lowest BCUT2D eigenvalue weighted by molar-refractivity contribution is -0.137. The van der Waals surface area contributed by atoms with E-state index in [0.717, 1.165) is 4.90 Å². The van der Waals surface area contributed by atoms with E-state index in [1.807, 2.05) is 6.19 Å². The van der Waals surface area contributed by atoms with Crippen LogP contribution in [0, 0.1) is 11.5 Å². The standard InChI is InChI=1S/C12H12ClN3O4/c1-20-10-3-2-8(4-9(10)13)16(7-14)6-11(17)15-5-12(18)19/h2-4H,5-6H2,1H3,(H,15,17)(H,18,19). The molecule has 0 aliphatic carbocycles. The minimum absolute atomic E-state index is 0.299. The summed E-state index contributed by atoms with van der Waals surface area (Å²) in [7, 11) is 1.46. The number of benzene rings is 1. The first kappa shape index (κ1) is 15.6. The van der Waals surface area contributed by atoms with E-state index in [1.165, 1.54) is 13.2 Å². The van der Waals surface area contributed by atoms with Crippen molar-refractivity contribution in [3.63, 3.8) is 0 Å². The van der Waals surface area contributed by atoms with Gasteiger partial charge in [0.05, 0.1) is 17.8 Å². The molecule has 1 aromatic rings. The average Bonchev–Trinajstić information content (AvgIpc) is 2.42. The third-order valence-corrected chi connectivity index (χ3v) is 2.60. The van der Waals surface area contributed by atoms with Gasteiger partial charge in [0.25, 0.3) is 0 Å². The summed E-state index contributed by atoms with van der Waals surface area (Å²) in [6.07, 6.45) is 1.83. The molecule has 0 saturated heterocycles. The second-order valence-electron chi connectivity index (χ2n) is 3.68. The zero-order valence-corrected chi connectivity index (χ0v) is 11.3. The topological polar surface area (TPSA) is 103 Å². The predicted octanol–water partition coefficient (Wildman–Crippen LogP) is 0.837. The third-order valence-electron chi connectivity index (χ3n) is 2.31. The van der Waals surface area contributed by atoms with Crippen LogP contribution in [0.25, 0.3) is 0 Å². The normalized spacial score (nSPS) is 9.45. The number of carboxylic acid groups (broad SMARTS) is 1. The van der Waals surface area contributed by atoms with Gasteiger partial charge in [-0.25, -0.2) is 0 Å². The maximum atomic E-state index is 11.5. The summed E-state index contributed by atoms with van der Waals surface area (Å²) in [5, 5.41) is 19.9. The van der Waals surface area contributed by atoms with E-state index in [1.54, 1.807) is 12.1 Å². The van der Waals surface area contributed by atoms with Crippen molar-refractivity contribution in [2.45, 2.75) is 0 Å². The zero-order chi connectivity index (χ0) is 15.1. The van der Waals surface area contributed by atoms with E-state index >= 15 is 0 Å². The van der Waals surface area contributed by atoms with Crippen molar-refractivity contribution in [2.75, 3.05) is 25.1 Å². The van der Waals surface area contributed by atoms with Crippen LogP contribution >= 0.6 is 11.6 Å². The van der Waals surface area contributed by atoms with Crippen LogP contribution in [0.4, 0.5) is 5.69 Å². The van der Waals surface area contributed by atoms with Crippen molar-refractivity contribution in [3.8, 4) is 11.9 Å². The molecule has 0 bridgehead atoms. The fourth-order valence-electron chi connectivity index (χ4n) is 1.38. The number of halogens is 1. The maximum Gasteiger partial charge on any atom is 0.322 e. The van der Waals surface area contributed by atoms with Crippen molar-refractivity contribution in [3.05, 3.63) is 23.2 Å². The molecule has 20 heavy (non-hydrogen) atoms. The van der Waals surface area contributed by atoms with E-state index in [0.29, 0.717) is 16.5 Å². The van der Waals surface area contributed by atoms with E-state index < -0.39 is 18.4 Å². The number of ether oxygens (including phenoxy) is 1. The molecule has 0 spiro atoms. The van der Waals surface area contributed by atoms with Crippen molar-refractivity contribution < 1.29 is 19.4 Å². The van der Waals surface area contributed by atoms with Gasteiger partial charge in [-0.3, -0.25) is 14.5 Å². The highest BCUT2D eigenvalue weighted by molar-refractivity contribution is 6.32. The largest absolute Gasteiger partial charge is 0.495 e. The first-order valence-electron chi connectivity index (χ1n) is 5.47. The molecule has 0 fully saturated rings. The van der Waals surface area contributed by atoms with Gasteiger partial charge in [-0.15, -0.1) is 0 Å². The van der Waals surface area contributed by atoms with Crippen molar-refractivity contribution in [1.29, 1.82) is 5.26 Å². The Morgan fingerprint density at radius 1 is 1.55 bits per heavy atom. The first-order chi connectivity index (χ1) is 9.47. The maximum absolute atomic E-state index is 11.5. The molecule has 1 amide bonds. The monoisotopic (exact) mass is 297 g/mol. The Labute approximate surface area is 120 Å². The molecular weight excluding hydrogens is 286 g/mol. The summed E-state index contributed by atoms with van der Waals surface area (Å²) >= 11 is 5.93. The molecule has 8 heteroatoms. The minimum atomic E-state index is -1.16. The number of carbonyl (C=O) groups is 2. The van der Waals surface area contributed by atoms with E-state index in [4.69, 9.17) is 26.7 Å². The summed E-state index contributed by atoms with van der Waals surface area (Å²) in [4.78, 5) is 22.9. The van der Waals surface area contributed by atoms with E-state index in [9.17, 15) is 9.59 Å². The van der Waals surface area contributed by atoms with Crippen molar-refractivity contribution in [2.24, 2.45) is 0 Å². The number of anilines is 1. The molecule has 0 heterocycles. The second-order valence-corrected chi connectivity index (χ2v) is 4.08. The molecule has 1 aromatic carbocycles. The van der Waals surface area contributed by atoms with Gasteiger partial charge < -0.3 is 15.2 Å². The smallest absolute Gasteiger partial charge is 0.322 e. The van der Waals surface area contributed by atoms with Crippen LogP contribution in [0.2, 0.25) is 5.02 Å². The van der Waals surface area contributed by atoms with E-state index in [2.05, 4.69) is 5.32 Å². The number of aliphatic carboxylic acids is 1. The summed E-state index contributed by atoms with van der Waals surface area (Å²) < 4.78 is 4.98. The second kappa shape index (κ2) is 7.21. The van der Waals surface area contributed by atoms with E-state index in [-0.39, 0.29) is 6.54 Å². The molecule has 0 aliphatic rings. The molecule has 0 saturated carbocycles. The number of carbonyl (C=O) groups excluding carboxylic acids is 1. The number of rotatable bonds is 6. The Morgan fingerprint density at radius 3 is 2.75 bits per heavy atom. The fourth-order valence-corrected chi connectivity index (χ4v) is 1.63. The van der Waals surface area contributed by atoms with Gasteiger partial charge in [0.2, 0.25) is 5.91 Å². The minimum Gasteiger partial charge on any atom is -0.495 e. The lowest BCUT2D eigenvalue weighted by Gasteiger charge is -2.16. The molecule has 0 radical (unpaired) electrons. The number of hydrogen-bond acceptors (Lipinski definition) is 5. The number of carboxylic acids is 1. The highest BCUT2D eigenvalue weighted by atomic mass is 35.5. The zero-order valence-electron chi connectivity index (χ0n) is 10.6. The molecule has 0 atom stereocenters. The molecule has 0 aliphatic heterocycles. The van der Waals surface area contributed by atoms with Gasteiger partial charge in [0.1, 0.15) is 18.8 Å². The quantitative estimate of drug-likeness (QED) is 0.596. The Balaban J connectivity index is 2.76. The van der Waals surface area contributed by atoms with Crippen LogP contribution in [0.5, 0.6) is 5.75 Å². The Kier molecular flexibility index (Phi) is 5.62. The summed E-state index contributed by atoms with van der Waals surface area (Å²) in [5.41, 5.74) is 0.406. The van der Waals surface area contributed by atoms with Crippen LogP contribution in [0.1, 0.15) is 0 Å². The number of nitriles is 1. The average molecular weight is 298 g/mol. The van der Waals surface area contributed by atoms with Gasteiger partial charge in [0, 0.05) is 0 Å². The van der Waals surface area contributed by atoms with Crippen LogP contribution < -0.4 is 15.0 Å². The molecule has 2 N–H and O–H groups in total. The van der Waals surface area contributed by atoms with Gasteiger partial charge in [-0.1, -0.05) is 11.6 Å². The number of amides is 1. The highest BCUT2D eigenvalue weighted by Crippen LogP contribution is 2.28. The van der Waals surface area contributed by atoms with Crippen LogP contribution in [-0.2, 0) is 9.59 Å². The lowest BCUT2D eigenvalue weighted by Crippen LogP contribution is -2.37. The number of nitrogens with one attached hydrogen (secondary N) is 1. The third kappa shape index (κ3) is 4.33. The number of methoxy groups -OCH3 is 1. The molecular formula is C12H12ClN3O4. The fraction of sp³-hybridized carbons (Fsp3) is 0.250. The van der Waals surface area contributed by atoms with Crippen LogP contribution in [0.15, 0.2) is 18.2 Å². The Bertz CT molecular complexity index is 556. The first-order valence-corrected chi connectivity index (χ1v) is 5.85. The number of nitrogens with zero attached hydrogens (tertiary/aromatic N) is 2. The van der Waals surface area contributed by atoms with Gasteiger partial charge in [0.15, 0.2) is 6.19 Å². The SMILES string of the molecule is COc1ccc(N(C#N)CC(=O)NCC(=O)O)cc1Cl. The van der Waals surface area contributed by atoms with Crippen molar-refractivity contribution in [1.82, 2.24) is 5.32 Å². The summed E-state index contributed by atoms with van der Waals surface area (Å²) in [5.74, 6) is -1.29. The Hall–Kier alpha value is -2.46. The van der Waals surface area contributed by atoms with Crippen molar-refractivity contribution >= 4 is 29.2 Å². The predicted molar refractivity (Wildman–Crippen MR) is 71.6 cm³/mol. The summed E-state index contributed by atoms with van der Waals surface area (Å²) in [6.45, 7) is -0.798. The molecule has 0 aromatic heterocycles. The molecule has 106 valence electrons.